The highest BCUT2D eigenvalue weighted by Gasteiger charge is 2.20. The molecule has 1 aliphatic rings. The molecule has 1 N–H and O–H groups in total. The largest absolute Gasteiger partial charge is 0.467 e. The highest BCUT2D eigenvalue weighted by Crippen LogP contribution is 2.38. The van der Waals surface area contributed by atoms with Crippen LogP contribution in [0.2, 0.25) is 0 Å². The van der Waals surface area contributed by atoms with Gasteiger partial charge in [-0.2, -0.15) is 0 Å². The van der Waals surface area contributed by atoms with Gasteiger partial charge in [0.25, 0.3) is 5.91 Å². The van der Waals surface area contributed by atoms with Gasteiger partial charge in [-0.25, -0.2) is 9.97 Å². The standard InChI is InChI=1S/C18H17N3O2S/c22-15(21-12-6-2-1-3-7-12)10-23-17-16-13-8-4-5-9-14(13)24-18(16)20-11-19-17/h1-3,6-7,11H,4-5,8-10H2,(H,21,22). The lowest BCUT2D eigenvalue weighted by Crippen LogP contribution is -2.20. The lowest BCUT2D eigenvalue weighted by atomic mass is 9.97. The average Bonchev–Trinajstić information content (AvgIpc) is 3.00. The number of hydrogen-bond acceptors (Lipinski definition) is 5. The molecule has 0 bridgehead atoms. The Morgan fingerprint density at radius 1 is 1.17 bits per heavy atom. The van der Waals surface area contributed by atoms with Crippen LogP contribution in [-0.2, 0) is 17.6 Å². The number of amides is 1. The number of carbonyl (C=O) groups excluding carboxylic acids is 1. The van der Waals surface area contributed by atoms with E-state index < -0.39 is 0 Å². The molecule has 0 spiro atoms. The first-order valence-electron chi connectivity index (χ1n) is 8.04. The van der Waals surface area contributed by atoms with Gasteiger partial charge in [0, 0.05) is 10.6 Å². The molecule has 0 saturated carbocycles. The van der Waals surface area contributed by atoms with E-state index in [2.05, 4.69) is 15.3 Å². The fourth-order valence-corrected chi connectivity index (χ4v) is 4.24. The van der Waals surface area contributed by atoms with Crippen LogP contribution in [0, 0.1) is 0 Å². The van der Waals surface area contributed by atoms with Crippen LogP contribution in [0.1, 0.15) is 23.3 Å². The number of aromatic nitrogens is 2. The van der Waals surface area contributed by atoms with Crippen LogP contribution < -0.4 is 10.1 Å². The number of anilines is 1. The molecule has 24 heavy (non-hydrogen) atoms. The van der Waals surface area contributed by atoms with Gasteiger partial charge in [0.1, 0.15) is 11.2 Å². The smallest absolute Gasteiger partial charge is 0.262 e. The molecule has 1 amide bonds. The van der Waals surface area contributed by atoms with E-state index >= 15 is 0 Å². The zero-order valence-electron chi connectivity index (χ0n) is 13.1. The van der Waals surface area contributed by atoms with Crippen LogP contribution in [-0.4, -0.2) is 22.5 Å². The van der Waals surface area contributed by atoms with Gasteiger partial charge in [-0.05, 0) is 43.4 Å². The quantitative estimate of drug-likeness (QED) is 0.789. The van der Waals surface area contributed by atoms with Crippen molar-refractivity contribution in [1.29, 1.82) is 0 Å². The normalized spacial score (nSPS) is 13.5. The maximum atomic E-state index is 12.1. The molecule has 0 unspecified atom stereocenters. The molecule has 0 radical (unpaired) electrons. The van der Waals surface area contributed by atoms with E-state index in [0.717, 1.165) is 28.7 Å². The Bertz CT molecular complexity index is 877. The molecule has 3 aromatic rings. The van der Waals surface area contributed by atoms with Crippen LogP contribution >= 0.6 is 11.3 Å². The van der Waals surface area contributed by atoms with E-state index in [1.54, 1.807) is 11.3 Å². The van der Waals surface area contributed by atoms with Crippen LogP contribution in [0.5, 0.6) is 5.88 Å². The Kier molecular flexibility index (Phi) is 4.13. The third-order valence-corrected chi connectivity index (χ3v) is 5.31. The zero-order valence-corrected chi connectivity index (χ0v) is 13.9. The fourth-order valence-electron chi connectivity index (χ4n) is 3.02. The van der Waals surface area contributed by atoms with E-state index in [-0.39, 0.29) is 12.5 Å². The molecule has 1 aliphatic carbocycles. The Morgan fingerprint density at radius 2 is 2.00 bits per heavy atom. The summed E-state index contributed by atoms with van der Waals surface area (Å²) in [4.78, 5) is 23.0. The SMILES string of the molecule is O=C(COc1ncnc2sc3c(c12)CCCC3)Nc1ccccc1. The molecule has 0 aliphatic heterocycles. The van der Waals surface area contributed by atoms with Gasteiger partial charge in [-0.15, -0.1) is 11.3 Å². The number of nitrogens with zero attached hydrogens (tertiary/aromatic N) is 2. The first-order valence-corrected chi connectivity index (χ1v) is 8.86. The highest BCUT2D eigenvalue weighted by molar-refractivity contribution is 7.18. The van der Waals surface area contributed by atoms with Crippen molar-refractivity contribution in [2.45, 2.75) is 25.7 Å². The van der Waals surface area contributed by atoms with Crippen molar-refractivity contribution in [1.82, 2.24) is 9.97 Å². The number of fused-ring (bicyclic) bond motifs is 3. The summed E-state index contributed by atoms with van der Waals surface area (Å²) >= 11 is 1.72. The Hall–Kier alpha value is -2.47. The number of thiophene rings is 1. The van der Waals surface area contributed by atoms with Crippen molar-refractivity contribution >= 4 is 33.1 Å². The molecule has 2 heterocycles. The summed E-state index contributed by atoms with van der Waals surface area (Å²) < 4.78 is 5.72. The summed E-state index contributed by atoms with van der Waals surface area (Å²) in [6.07, 6.45) is 6.05. The molecule has 0 fully saturated rings. The minimum Gasteiger partial charge on any atom is -0.467 e. The van der Waals surface area contributed by atoms with Crippen molar-refractivity contribution in [2.75, 3.05) is 11.9 Å². The predicted molar refractivity (Wildman–Crippen MR) is 94.6 cm³/mol. The molecule has 0 atom stereocenters. The number of aryl methyl sites for hydroxylation is 2. The van der Waals surface area contributed by atoms with Crippen molar-refractivity contribution in [3.8, 4) is 5.88 Å². The summed E-state index contributed by atoms with van der Waals surface area (Å²) in [5, 5.41) is 3.80. The summed E-state index contributed by atoms with van der Waals surface area (Å²) in [6, 6.07) is 9.35. The maximum absolute atomic E-state index is 12.1. The number of rotatable bonds is 4. The van der Waals surface area contributed by atoms with E-state index in [1.807, 2.05) is 30.3 Å². The second-order valence-corrected chi connectivity index (χ2v) is 6.86. The second kappa shape index (κ2) is 6.57. The highest BCUT2D eigenvalue weighted by atomic mass is 32.1. The number of carbonyl (C=O) groups is 1. The van der Waals surface area contributed by atoms with E-state index in [0.29, 0.717) is 5.88 Å². The molecule has 0 saturated heterocycles. The molecular formula is C18H17N3O2S. The van der Waals surface area contributed by atoms with E-state index in [9.17, 15) is 4.79 Å². The Balaban J connectivity index is 1.52. The van der Waals surface area contributed by atoms with Crippen LogP contribution in [0.3, 0.4) is 0 Å². The summed E-state index contributed by atoms with van der Waals surface area (Å²) in [5.74, 6) is 0.319. The maximum Gasteiger partial charge on any atom is 0.262 e. The third-order valence-electron chi connectivity index (χ3n) is 4.11. The fraction of sp³-hybridized carbons (Fsp3) is 0.278. The van der Waals surface area contributed by atoms with E-state index in [4.69, 9.17) is 4.74 Å². The first-order chi connectivity index (χ1) is 11.8. The molecule has 122 valence electrons. The van der Waals surface area contributed by atoms with Crippen LogP contribution in [0.4, 0.5) is 5.69 Å². The van der Waals surface area contributed by atoms with Gasteiger partial charge in [0.15, 0.2) is 6.61 Å². The molecule has 5 nitrogen and oxygen atoms in total. The number of para-hydroxylation sites is 1. The average molecular weight is 339 g/mol. The van der Waals surface area contributed by atoms with Crippen molar-refractivity contribution in [2.24, 2.45) is 0 Å². The molecule has 6 heteroatoms. The van der Waals surface area contributed by atoms with Crippen molar-refractivity contribution < 1.29 is 9.53 Å². The first kappa shape index (κ1) is 15.1. The summed E-state index contributed by atoms with van der Waals surface area (Å²) in [5.41, 5.74) is 2.06. The van der Waals surface area contributed by atoms with Gasteiger partial charge in [-0.3, -0.25) is 4.79 Å². The zero-order chi connectivity index (χ0) is 16.4. The van der Waals surface area contributed by atoms with Crippen molar-refractivity contribution in [3.05, 3.63) is 47.1 Å². The number of nitrogens with one attached hydrogen (secondary N) is 1. The molecule has 1 aromatic carbocycles. The molecular weight excluding hydrogens is 322 g/mol. The van der Waals surface area contributed by atoms with Gasteiger partial charge in [0.05, 0.1) is 5.39 Å². The summed E-state index contributed by atoms with van der Waals surface area (Å²) in [7, 11) is 0. The van der Waals surface area contributed by atoms with E-state index in [1.165, 1.54) is 29.6 Å². The molecule has 4 rings (SSSR count). The lowest BCUT2D eigenvalue weighted by molar-refractivity contribution is -0.118. The minimum atomic E-state index is -0.197. The van der Waals surface area contributed by atoms with Crippen LogP contribution in [0.25, 0.3) is 10.2 Å². The van der Waals surface area contributed by atoms with Gasteiger partial charge >= 0.3 is 0 Å². The minimum absolute atomic E-state index is 0.0639. The number of benzene rings is 1. The molecule has 2 aromatic heterocycles. The number of ether oxygens (including phenoxy) is 1. The number of hydrogen-bond donors (Lipinski definition) is 1. The monoisotopic (exact) mass is 339 g/mol. The summed E-state index contributed by atoms with van der Waals surface area (Å²) in [6.45, 7) is -0.0639. The second-order valence-electron chi connectivity index (χ2n) is 5.77. The third kappa shape index (κ3) is 2.97. The lowest BCUT2D eigenvalue weighted by Gasteiger charge is -2.12. The van der Waals surface area contributed by atoms with Gasteiger partial charge < -0.3 is 10.1 Å². The van der Waals surface area contributed by atoms with Crippen molar-refractivity contribution in [3.63, 3.8) is 0 Å². The Labute approximate surface area is 143 Å². The predicted octanol–water partition coefficient (Wildman–Crippen LogP) is 3.59. The topological polar surface area (TPSA) is 64.1 Å². The Morgan fingerprint density at radius 3 is 2.88 bits per heavy atom. The van der Waals surface area contributed by atoms with Crippen LogP contribution in [0.15, 0.2) is 36.7 Å². The van der Waals surface area contributed by atoms with Gasteiger partial charge in [-0.1, -0.05) is 18.2 Å². The van der Waals surface area contributed by atoms with Gasteiger partial charge in [0.2, 0.25) is 5.88 Å².